The van der Waals surface area contributed by atoms with Crippen LogP contribution in [0.15, 0.2) is 71.4 Å². The number of nitrogens with one attached hydrogen (secondary N) is 1. The van der Waals surface area contributed by atoms with E-state index in [1.807, 2.05) is 31.2 Å². The number of hydrogen-bond donors (Lipinski definition) is 1. The Balaban J connectivity index is 1.45. The molecule has 140 valence electrons. The minimum atomic E-state index is -0.217. The van der Waals surface area contributed by atoms with E-state index in [1.165, 1.54) is 0 Å². The molecule has 0 aliphatic carbocycles. The van der Waals surface area contributed by atoms with Gasteiger partial charge in [-0.1, -0.05) is 19.1 Å². The van der Waals surface area contributed by atoms with Crippen molar-refractivity contribution in [3.05, 3.63) is 84.0 Å². The van der Waals surface area contributed by atoms with Crippen LogP contribution in [-0.2, 0) is 13.0 Å². The number of aromatic nitrogens is 2. The summed E-state index contributed by atoms with van der Waals surface area (Å²) >= 11 is 0. The quantitative estimate of drug-likeness (QED) is 0.534. The third-order valence-electron chi connectivity index (χ3n) is 4.22. The Morgan fingerprint density at radius 1 is 1.14 bits per heavy atom. The van der Waals surface area contributed by atoms with Crippen LogP contribution in [0, 0.1) is 0 Å². The molecule has 0 atom stereocenters. The number of ether oxygens (including phenoxy) is 1. The topological polar surface area (TPSA) is 77.2 Å². The van der Waals surface area contributed by atoms with Gasteiger partial charge in [-0.15, -0.1) is 0 Å². The molecule has 4 aromatic rings. The number of carbonyl (C=O) groups is 1. The molecule has 0 saturated heterocycles. The summed E-state index contributed by atoms with van der Waals surface area (Å²) in [6, 6.07) is 16.3. The van der Waals surface area contributed by atoms with E-state index in [2.05, 4.69) is 15.3 Å². The summed E-state index contributed by atoms with van der Waals surface area (Å²) in [7, 11) is 0. The number of aryl methyl sites for hydroxylation is 1. The molecule has 0 aliphatic rings. The zero-order chi connectivity index (χ0) is 19.3. The molecule has 2 aromatic heterocycles. The molecule has 6 heteroatoms. The summed E-state index contributed by atoms with van der Waals surface area (Å²) in [4.78, 5) is 21.1. The van der Waals surface area contributed by atoms with Crippen molar-refractivity contribution in [2.24, 2.45) is 0 Å². The molecule has 2 aromatic carbocycles. The number of amides is 1. The number of hydrogen-bond acceptors (Lipinski definition) is 5. The second-order valence-electron chi connectivity index (χ2n) is 6.28. The lowest BCUT2D eigenvalue weighted by Crippen LogP contribution is -2.12. The highest BCUT2D eigenvalue weighted by Gasteiger charge is 2.10. The zero-order valence-electron chi connectivity index (χ0n) is 15.4. The standard InChI is InChI=1S/C22H19N3O3/c1-2-21-25-19-12-17(8-9-20(19)28-21)24-22(26)16-6-3-7-18(11-16)27-14-15-5-4-10-23-13-15/h3-13H,2,14H2,1H3,(H,24,26). The molecule has 1 amide bonds. The summed E-state index contributed by atoms with van der Waals surface area (Å²) in [6.07, 6.45) is 4.19. The molecule has 0 unspecified atom stereocenters. The molecule has 4 rings (SSSR count). The van der Waals surface area contributed by atoms with Crippen LogP contribution in [0.25, 0.3) is 11.1 Å². The Bertz CT molecular complexity index is 1110. The Labute approximate surface area is 162 Å². The summed E-state index contributed by atoms with van der Waals surface area (Å²) < 4.78 is 11.4. The van der Waals surface area contributed by atoms with Crippen molar-refractivity contribution in [2.45, 2.75) is 20.0 Å². The summed E-state index contributed by atoms with van der Waals surface area (Å²) in [5.74, 6) is 1.08. The first-order valence-electron chi connectivity index (χ1n) is 9.04. The van der Waals surface area contributed by atoms with Gasteiger partial charge in [0.2, 0.25) is 0 Å². The maximum absolute atomic E-state index is 12.6. The number of pyridine rings is 1. The SMILES string of the molecule is CCc1nc2cc(NC(=O)c3cccc(OCc4cccnc4)c3)ccc2o1. The summed E-state index contributed by atoms with van der Waals surface area (Å²) in [5, 5.41) is 2.89. The second kappa shape index (κ2) is 7.92. The first kappa shape index (κ1) is 17.7. The van der Waals surface area contributed by atoms with Crippen molar-refractivity contribution < 1.29 is 13.9 Å². The van der Waals surface area contributed by atoms with Crippen LogP contribution >= 0.6 is 0 Å². The highest BCUT2D eigenvalue weighted by atomic mass is 16.5. The average molecular weight is 373 g/mol. The van der Waals surface area contributed by atoms with Gasteiger partial charge in [0.15, 0.2) is 11.5 Å². The Kier molecular flexibility index (Phi) is 5.01. The van der Waals surface area contributed by atoms with Crippen LogP contribution in [0.5, 0.6) is 5.75 Å². The molecule has 0 bridgehead atoms. The molecular formula is C22H19N3O3. The smallest absolute Gasteiger partial charge is 0.255 e. The highest BCUT2D eigenvalue weighted by Crippen LogP contribution is 2.21. The largest absolute Gasteiger partial charge is 0.489 e. The van der Waals surface area contributed by atoms with Crippen LogP contribution in [0.1, 0.15) is 28.7 Å². The summed E-state index contributed by atoms with van der Waals surface area (Å²) in [6.45, 7) is 2.37. The number of carbonyl (C=O) groups excluding carboxylic acids is 1. The van der Waals surface area contributed by atoms with Gasteiger partial charge in [-0.2, -0.15) is 0 Å². The first-order valence-corrected chi connectivity index (χ1v) is 9.04. The predicted octanol–water partition coefficient (Wildman–Crippen LogP) is 4.62. The molecule has 2 heterocycles. The number of benzene rings is 2. The van der Waals surface area contributed by atoms with E-state index < -0.39 is 0 Å². The third-order valence-corrected chi connectivity index (χ3v) is 4.22. The highest BCUT2D eigenvalue weighted by molar-refractivity contribution is 6.05. The van der Waals surface area contributed by atoms with Gasteiger partial charge in [-0.05, 0) is 42.5 Å². The van der Waals surface area contributed by atoms with Crippen molar-refractivity contribution in [3.8, 4) is 5.75 Å². The number of oxazole rings is 1. The van der Waals surface area contributed by atoms with E-state index in [0.717, 1.165) is 17.5 Å². The Morgan fingerprint density at radius 3 is 2.89 bits per heavy atom. The van der Waals surface area contributed by atoms with Gasteiger partial charge in [-0.3, -0.25) is 9.78 Å². The summed E-state index contributed by atoms with van der Waals surface area (Å²) in [5.41, 5.74) is 3.57. The van der Waals surface area contributed by atoms with Gasteiger partial charge < -0.3 is 14.5 Å². The molecule has 28 heavy (non-hydrogen) atoms. The number of rotatable bonds is 6. The lowest BCUT2D eigenvalue weighted by atomic mass is 10.2. The van der Waals surface area contributed by atoms with Gasteiger partial charge >= 0.3 is 0 Å². The van der Waals surface area contributed by atoms with Crippen molar-refractivity contribution in [2.75, 3.05) is 5.32 Å². The van der Waals surface area contributed by atoms with Crippen LogP contribution in [-0.4, -0.2) is 15.9 Å². The maximum atomic E-state index is 12.6. The van der Waals surface area contributed by atoms with Crippen LogP contribution in [0.4, 0.5) is 5.69 Å². The van der Waals surface area contributed by atoms with Gasteiger partial charge in [0, 0.05) is 35.6 Å². The molecular weight excluding hydrogens is 354 g/mol. The van der Waals surface area contributed by atoms with E-state index in [4.69, 9.17) is 9.15 Å². The molecule has 0 saturated carbocycles. The van der Waals surface area contributed by atoms with Gasteiger partial charge in [-0.25, -0.2) is 4.98 Å². The minimum Gasteiger partial charge on any atom is -0.489 e. The fourth-order valence-electron chi connectivity index (χ4n) is 2.78. The third kappa shape index (κ3) is 4.01. The predicted molar refractivity (Wildman–Crippen MR) is 106 cm³/mol. The Morgan fingerprint density at radius 2 is 2.07 bits per heavy atom. The van der Waals surface area contributed by atoms with Crippen molar-refractivity contribution >= 4 is 22.7 Å². The molecule has 0 aliphatic heterocycles. The van der Waals surface area contributed by atoms with E-state index in [1.54, 1.807) is 42.7 Å². The van der Waals surface area contributed by atoms with E-state index in [0.29, 0.717) is 35.1 Å². The van der Waals surface area contributed by atoms with E-state index in [-0.39, 0.29) is 5.91 Å². The van der Waals surface area contributed by atoms with Crippen LogP contribution < -0.4 is 10.1 Å². The van der Waals surface area contributed by atoms with E-state index >= 15 is 0 Å². The number of nitrogens with zero attached hydrogens (tertiary/aromatic N) is 2. The minimum absolute atomic E-state index is 0.217. The molecule has 6 nitrogen and oxygen atoms in total. The Hall–Kier alpha value is -3.67. The normalized spacial score (nSPS) is 10.8. The lowest BCUT2D eigenvalue weighted by Gasteiger charge is -2.09. The lowest BCUT2D eigenvalue weighted by molar-refractivity contribution is 0.102. The second-order valence-corrected chi connectivity index (χ2v) is 6.28. The van der Waals surface area contributed by atoms with Gasteiger partial charge in [0.1, 0.15) is 17.9 Å². The molecule has 0 fully saturated rings. The average Bonchev–Trinajstić information content (AvgIpc) is 3.16. The number of anilines is 1. The monoisotopic (exact) mass is 373 g/mol. The molecule has 0 radical (unpaired) electrons. The zero-order valence-corrected chi connectivity index (χ0v) is 15.4. The van der Waals surface area contributed by atoms with Gasteiger partial charge in [0.05, 0.1) is 0 Å². The fourth-order valence-corrected chi connectivity index (χ4v) is 2.78. The van der Waals surface area contributed by atoms with Crippen molar-refractivity contribution in [1.29, 1.82) is 0 Å². The fraction of sp³-hybridized carbons (Fsp3) is 0.136. The maximum Gasteiger partial charge on any atom is 0.255 e. The van der Waals surface area contributed by atoms with E-state index in [9.17, 15) is 4.79 Å². The van der Waals surface area contributed by atoms with Crippen LogP contribution in [0.3, 0.4) is 0 Å². The first-order chi connectivity index (χ1) is 13.7. The van der Waals surface area contributed by atoms with Crippen molar-refractivity contribution in [1.82, 2.24) is 9.97 Å². The van der Waals surface area contributed by atoms with Crippen molar-refractivity contribution in [3.63, 3.8) is 0 Å². The van der Waals surface area contributed by atoms with Gasteiger partial charge in [0.25, 0.3) is 5.91 Å². The van der Waals surface area contributed by atoms with Crippen LogP contribution in [0.2, 0.25) is 0 Å². The number of fused-ring (bicyclic) bond motifs is 1. The molecule has 1 N–H and O–H groups in total. The molecule has 0 spiro atoms.